The van der Waals surface area contributed by atoms with Gasteiger partial charge in [-0.15, -0.1) is 11.8 Å². The molecule has 3 aromatic carbocycles. The second kappa shape index (κ2) is 61.8. The molecule has 3 rings (SSSR count). The van der Waals surface area contributed by atoms with E-state index in [0.29, 0.717) is 29.9 Å². The highest BCUT2D eigenvalue weighted by molar-refractivity contribution is 6.11. The molecule has 0 amide bonds. The first kappa shape index (κ1) is 80.2. The lowest BCUT2D eigenvalue weighted by Crippen LogP contribution is -2.02. The molecule has 7 radical (unpaired) electrons. The van der Waals surface area contributed by atoms with Crippen LogP contribution in [-0.2, 0) is 6.42 Å². The van der Waals surface area contributed by atoms with E-state index in [4.69, 9.17) is 15.7 Å². The minimum absolute atomic E-state index is 0. The van der Waals surface area contributed by atoms with Gasteiger partial charge in [0, 0.05) is 19.5 Å². The molecule has 0 bridgehead atoms. The molecule has 0 aliphatic carbocycles. The van der Waals surface area contributed by atoms with Gasteiger partial charge in [-0.05, 0) is 62.5 Å². The van der Waals surface area contributed by atoms with E-state index in [2.05, 4.69) is 105 Å². The summed E-state index contributed by atoms with van der Waals surface area (Å²) in [5.41, 5.74) is 2.23. The van der Waals surface area contributed by atoms with E-state index in [9.17, 15) is 17.6 Å². The molecule has 0 N–H and O–H groups in total. The third kappa shape index (κ3) is 64.5. The molecule has 0 saturated heterocycles. The predicted octanol–water partition coefficient (Wildman–Crippen LogP) is 18.2. The van der Waals surface area contributed by atoms with E-state index in [1.54, 1.807) is 0 Å². The van der Waals surface area contributed by atoms with Crippen LogP contribution in [0.1, 0.15) is 187 Å². The molecule has 0 aliphatic heterocycles. The molecule has 0 saturated carbocycles. The monoisotopic (exact) mass is 828 g/mol. The maximum absolute atomic E-state index is 12.7. The van der Waals surface area contributed by atoms with Gasteiger partial charge >= 0.3 is 0 Å². The molecule has 0 heterocycles. The van der Waals surface area contributed by atoms with Gasteiger partial charge in [0.15, 0.2) is 23.3 Å². The Kier molecular flexibility index (Phi) is 84.0. The maximum atomic E-state index is 12.7. The smallest absolute Gasteiger partial charge is 0.165 e. The number of benzene rings is 3. The lowest BCUT2D eigenvalue weighted by molar-refractivity contribution is 0.436. The lowest BCUT2D eigenvalue weighted by Gasteiger charge is -2.09. The number of hydrogen-bond donors (Lipinski definition) is 0. The minimum atomic E-state index is -1.33. The zero-order valence-corrected chi connectivity index (χ0v) is 43.4. The Bertz CT molecular complexity index is 1090. The summed E-state index contributed by atoms with van der Waals surface area (Å²) in [7, 11) is 10.4. The predicted molar refractivity (Wildman–Crippen MR) is 270 cm³/mol. The molecule has 0 unspecified atom stereocenters. The minimum Gasteiger partial charge on any atom is -0.203 e. The zero-order chi connectivity index (χ0) is 48.5. The van der Waals surface area contributed by atoms with Gasteiger partial charge in [-0.3, -0.25) is 0 Å². The van der Waals surface area contributed by atoms with E-state index < -0.39 is 34.4 Å². The highest BCUT2D eigenvalue weighted by Crippen LogP contribution is 2.22. The van der Waals surface area contributed by atoms with Crippen LogP contribution in [0.15, 0.2) is 60.7 Å². The van der Waals surface area contributed by atoms with Crippen LogP contribution in [0.4, 0.5) is 17.6 Å². The van der Waals surface area contributed by atoms with Crippen molar-refractivity contribution in [2.24, 2.45) is 17.3 Å². The average Bonchev–Trinajstić information content (AvgIpc) is 3.25. The van der Waals surface area contributed by atoms with Gasteiger partial charge in [-0.1, -0.05) is 225 Å². The van der Waals surface area contributed by atoms with Gasteiger partial charge in [-0.25, -0.2) is 17.6 Å². The van der Waals surface area contributed by atoms with E-state index in [1.165, 1.54) is 11.1 Å². The SMILES string of the molecule is CC.CC.CC.CC.CC.CC#CC.CC(C)(C)C.CC(C)C.CCc1ccccc1C(C)C.Cc1c(F)c(F)c(C)c(F)c1F.[B].[B]CC(C)C[B].c1ccccc1. The summed E-state index contributed by atoms with van der Waals surface area (Å²) in [6.45, 7) is 49.6. The first-order chi connectivity index (χ1) is 27.2. The van der Waals surface area contributed by atoms with Crippen molar-refractivity contribution in [3.8, 4) is 11.8 Å². The average molecular weight is 828 g/mol. The third-order valence-corrected chi connectivity index (χ3v) is 5.48. The van der Waals surface area contributed by atoms with Crippen molar-refractivity contribution in [3.63, 3.8) is 0 Å². The summed E-state index contributed by atoms with van der Waals surface area (Å²) in [6.07, 6.45) is 2.56. The standard InChI is InChI=1S/C11H16.C8H6F4.C6H6.C5H12.C4H8B2.C4H10.C4H6.5C2H6.B/c1-4-10-7-5-6-8-11(10)9(2)3;1-3-5(9)7(11)4(2)8(12)6(3)10;1-2-4-6-5-3-1;1-5(2,3)4;1-4(2-5)3-6;1-4(2)3;1-3-4-2;5*1-2;/h5-9H,4H2,1-3H3;1-2H3;1-6H;1-4H3;4H,2-3H2,1H3;4H,1-3H3;1-2H3;5*1-2H3;. The number of aryl methyl sites for hydroxylation is 1. The first-order valence-electron chi connectivity index (χ1n) is 21.8. The van der Waals surface area contributed by atoms with E-state index in [0.717, 1.165) is 26.2 Å². The van der Waals surface area contributed by atoms with Crippen molar-refractivity contribution in [3.05, 3.63) is 106 Å². The van der Waals surface area contributed by atoms with E-state index in [1.807, 2.05) is 126 Å². The molecular formula is C52H94B3F4. The fourth-order valence-corrected chi connectivity index (χ4v) is 2.75. The highest BCUT2D eigenvalue weighted by atomic mass is 19.2. The van der Waals surface area contributed by atoms with Crippen LogP contribution >= 0.6 is 0 Å². The quantitative estimate of drug-likeness (QED) is 0.106. The molecule has 59 heavy (non-hydrogen) atoms. The van der Waals surface area contributed by atoms with Crippen LogP contribution in [0, 0.1) is 66.2 Å². The van der Waals surface area contributed by atoms with Crippen molar-refractivity contribution in [1.29, 1.82) is 0 Å². The number of hydrogen-bond acceptors (Lipinski definition) is 0. The Morgan fingerprint density at radius 2 is 0.746 bits per heavy atom. The van der Waals surface area contributed by atoms with Gasteiger partial charge in [0.05, 0.1) is 15.7 Å². The summed E-state index contributed by atoms with van der Waals surface area (Å²) in [6, 6.07) is 20.7. The fraction of sp³-hybridized carbons (Fsp3) is 0.615. The van der Waals surface area contributed by atoms with Gasteiger partial charge in [-0.2, -0.15) is 0 Å². The van der Waals surface area contributed by atoms with Crippen molar-refractivity contribution in [1.82, 2.24) is 0 Å². The van der Waals surface area contributed by atoms with Crippen molar-refractivity contribution in [2.45, 2.75) is 198 Å². The number of rotatable bonds is 4. The molecule has 0 fully saturated rings. The molecule has 339 valence electrons. The van der Waals surface area contributed by atoms with Gasteiger partial charge < -0.3 is 0 Å². The Hall–Kier alpha value is -2.87. The van der Waals surface area contributed by atoms with Gasteiger partial charge in [0.2, 0.25) is 0 Å². The fourth-order valence-electron chi connectivity index (χ4n) is 2.75. The van der Waals surface area contributed by atoms with Crippen LogP contribution in [0.25, 0.3) is 0 Å². The second-order valence-corrected chi connectivity index (χ2v) is 13.7. The zero-order valence-electron chi connectivity index (χ0n) is 43.4. The normalized spacial score (nSPS) is 8.27. The van der Waals surface area contributed by atoms with Crippen molar-refractivity contribution < 1.29 is 17.6 Å². The largest absolute Gasteiger partial charge is 0.203 e. The second-order valence-electron chi connectivity index (χ2n) is 13.7. The van der Waals surface area contributed by atoms with Gasteiger partial charge in [0.25, 0.3) is 0 Å². The Morgan fingerprint density at radius 1 is 0.525 bits per heavy atom. The maximum Gasteiger partial charge on any atom is 0.165 e. The van der Waals surface area contributed by atoms with Crippen LogP contribution in [0.2, 0.25) is 12.6 Å². The lowest BCUT2D eigenvalue weighted by atomic mass is 9.83. The highest BCUT2D eigenvalue weighted by Gasteiger charge is 2.19. The van der Waals surface area contributed by atoms with Crippen molar-refractivity contribution in [2.75, 3.05) is 0 Å². The Balaban J connectivity index is -0.0000000590. The molecule has 0 aromatic heterocycles. The molecule has 0 spiro atoms. The molecule has 0 aliphatic rings. The van der Waals surface area contributed by atoms with Crippen molar-refractivity contribution >= 4 is 24.1 Å². The summed E-state index contributed by atoms with van der Waals surface area (Å²) in [5.74, 6) is 2.03. The third-order valence-electron chi connectivity index (χ3n) is 5.48. The van der Waals surface area contributed by atoms with Gasteiger partial charge in [0.1, 0.15) is 0 Å². The molecule has 0 atom stereocenters. The molecule has 3 aromatic rings. The summed E-state index contributed by atoms with van der Waals surface area (Å²) in [5, 5.41) is 0. The molecule has 7 heteroatoms. The number of halogens is 4. The van der Waals surface area contributed by atoms with E-state index in [-0.39, 0.29) is 8.41 Å². The van der Waals surface area contributed by atoms with Crippen LogP contribution in [-0.4, -0.2) is 24.1 Å². The van der Waals surface area contributed by atoms with Crippen LogP contribution < -0.4 is 0 Å². The molecular weight excluding hydrogens is 733 g/mol. The van der Waals surface area contributed by atoms with E-state index >= 15 is 0 Å². The Labute approximate surface area is 373 Å². The summed E-state index contributed by atoms with van der Waals surface area (Å²) < 4.78 is 50.6. The van der Waals surface area contributed by atoms with Crippen LogP contribution in [0.5, 0.6) is 0 Å². The van der Waals surface area contributed by atoms with Crippen LogP contribution in [0.3, 0.4) is 0 Å². The topological polar surface area (TPSA) is 0 Å². The Morgan fingerprint density at radius 3 is 0.881 bits per heavy atom. The molecule has 0 nitrogen and oxygen atoms in total. The first-order valence-corrected chi connectivity index (χ1v) is 21.8. The summed E-state index contributed by atoms with van der Waals surface area (Å²) >= 11 is 0. The summed E-state index contributed by atoms with van der Waals surface area (Å²) in [4.78, 5) is 0.